The van der Waals surface area contributed by atoms with Crippen molar-refractivity contribution in [3.63, 3.8) is 0 Å². The van der Waals surface area contributed by atoms with E-state index in [9.17, 15) is 20.1 Å². The third-order valence-electron chi connectivity index (χ3n) is 9.69. The molecule has 4 aliphatic carbocycles. The van der Waals surface area contributed by atoms with Gasteiger partial charge in [-0.05, 0) is 86.9 Å². The lowest BCUT2D eigenvalue weighted by molar-refractivity contribution is -0.203. The molecule has 4 fully saturated rings. The minimum atomic E-state index is -1.32. The van der Waals surface area contributed by atoms with Gasteiger partial charge in [-0.15, -0.1) is 0 Å². The maximum atomic E-state index is 12.5. The zero-order valence-electron chi connectivity index (χ0n) is 16.7. The van der Waals surface area contributed by atoms with Crippen LogP contribution in [0, 0.1) is 40.4 Å². The van der Waals surface area contributed by atoms with E-state index in [1.54, 1.807) is 0 Å². The number of hydrogen-bond donors (Lipinski definition) is 3. The number of rotatable bonds is 1. The van der Waals surface area contributed by atoms with E-state index in [0.717, 1.165) is 38.5 Å². The summed E-state index contributed by atoms with van der Waals surface area (Å²) in [5, 5.41) is 32.9. The van der Waals surface area contributed by atoms with E-state index in [4.69, 9.17) is 0 Å². The van der Waals surface area contributed by atoms with Gasteiger partial charge in [0.25, 0.3) is 0 Å². The van der Waals surface area contributed by atoms with E-state index in [1.807, 2.05) is 6.92 Å². The molecule has 0 aromatic heterocycles. The summed E-state index contributed by atoms with van der Waals surface area (Å²) in [4.78, 5) is 12.5. The molecule has 0 aliphatic heterocycles. The van der Waals surface area contributed by atoms with E-state index in [-0.39, 0.29) is 29.1 Å². The summed E-state index contributed by atoms with van der Waals surface area (Å²) in [6, 6.07) is 0. The predicted molar refractivity (Wildman–Crippen MR) is 99.3 cm³/mol. The number of fused-ring (bicyclic) bond motifs is 5. The molecule has 10 atom stereocenters. The first-order chi connectivity index (χ1) is 12.1. The summed E-state index contributed by atoms with van der Waals surface area (Å²) >= 11 is 0. The Morgan fingerprint density at radius 1 is 1.08 bits per heavy atom. The molecule has 0 heterocycles. The van der Waals surface area contributed by atoms with Gasteiger partial charge in [-0.25, -0.2) is 0 Å². The number of carbonyl (C=O) groups is 1. The van der Waals surface area contributed by atoms with Crippen molar-refractivity contribution in [1.82, 2.24) is 0 Å². The Labute approximate surface area is 157 Å². The number of hydrogen-bond acceptors (Lipinski definition) is 4. The number of aliphatic hydroxyl groups is 3. The number of Topliss-reactive ketones (excluding diaryl/α,β-unsaturated/α-hetero) is 1. The van der Waals surface area contributed by atoms with Crippen LogP contribution in [0.5, 0.6) is 0 Å². The van der Waals surface area contributed by atoms with Crippen molar-refractivity contribution in [2.24, 2.45) is 40.4 Å². The second kappa shape index (κ2) is 5.78. The first-order valence-corrected chi connectivity index (χ1v) is 10.6. The molecule has 4 heteroatoms. The lowest BCUT2D eigenvalue weighted by Crippen LogP contribution is -2.63. The quantitative estimate of drug-likeness (QED) is 0.668. The van der Waals surface area contributed by atoms with Gasteiger partial charge in [0.15, 0.2) is 5.78 Å². The Morgan fingerprint density at radius 3 is 2.42 bits per heavy atom. The van der Waals surface area contributed by atoms with Crippen LogP contribution in [0.2, 0.25) is 0 Å². The third kappa shape index (κ3) is 2.15. The monoisotopic (exact) mass is 364 g/mol. The van der Waals surface area contributed by atoms with E-state index in [0.29, 0.717) is 24.2 Å². The van der Waals surface area contributed by atoms with E-state index >= 15 is 0 Å². The highest BCUT2D eigenvalue weighted by Gasteiger charge is 2.70. The first kappa shape index (κ1) is 18.9. The Morgan fingerprint density at radius 2 is 1.77 bits per heavy atom. The second-order valence-electron chi connectivity index (χ2n) is 10.7. The summed E-state index contributed by atoms with van der Waals surface area (Å²) in [7, 11) is 0. The van der Waals surface area contributed by atoms with Crippen LogP contribution in [0.1, 0.15) is 72.6 Å². The standard InChI is InChI=1S/C22H36O4/c1-12-9-17-16-6-5-14-10-15(24)7-8-20(14,3)19(16)18(25)11-21(17,4)22(12,26)13(2)23/h12,14-19,24-26H,5-11H2,1-4H3/t12-,14+,15-,16+,17+,18-,19-,20+,21+,22+/m1/s1. The molecule has 3 N–H and O–H groups in total. The van der Waals surface area contributed by atoms with Crippen LogP contribution < -0.4 is 0 Å². The molecule has 4 saturated carbocycles. The van der Waals surface area contributed by atoms with Gasteiger partial charge in [-0.2, -0.15) is 0 Å². The molecular formula is C22H36O4. The van der Waals surface area contributed by atoms with Crippen LogP contribution >= 0.6 is 0 Å². The normalized spacial score (nSPS) is 59.3. The van der Waals surface area contributed by atoms with Gasteiger partial charge in [0, 0.05) is 5.41 Å². The van der Waals surface area contributed by atoms with Crippen molar-refractivity contribution in [2.45, 2.75) is 90.4 Å². The topological polar surface area (TPSA) is 77.8 Å². The molecule has 0 amide bonds. The summed E-state index contributed by atoms with van der Waals surface area (Å²) in [6.45, 7) is 7.92. The van der Waals surface area contributed by atoms with Crippen LogP contribution in [0.15, 0.2) is 0 Å². The Balaban J connectivity index is 1.73. The smallest absolute Gasteiger partial charge is 0.162 e. The molecule has 0 radical (unpaired) electrons. The van der Waals surface area contributed by atoms with Crippen LogP contribution in [0.25, 0.3) is 0 Å². The fourth-order valence-electron chi connectivity index (χ4n) is 8.44. The van der Waals surface area contributed by atoms with Gasteiger partial charge in [-0.1, -0.05) is 20.8 Å². The van der Waals surface area contributed by atoms with Crippen molar-refractivity contribution >= 4 is 5.78 Å². The molecule has 0 saturated heterocycles. The zero-order chi connectivity index (χ0) is 19.1. The molecule has 148 valence electrons. The zero-order valence-corrected chi connectivity index (χ0v) is 16.7. The van der Waals surface area contributed by atoms with E-state index in [1.165, 1.54) is 6.92 Å². The number of carbonyl (C=O) groups excluding carboxylic acids is 1. The molecule has 0 spiro atoms. The minimum absolute atomic E-state index is 0.0559. The highest BCUT2D eigenvalue weighted by atomic mass is 16.3. The van der Waals surface area contributed by atoms with Crippen LogP contribution in [-0.4, -0.2) is 38.9 Å². The second-order valence-corrected chi connectivity index (χ2v) is 10.7. The number of ketones is 1. The largest absolute Gasteiger partial charge is 0.393 e. The van der Waals surface area contributed by atoms with Crippen molar-refractivity contribution in [2.75, 3.05) is 0 Å². The third-order valence-corrected chi connectivity index (χ3v) is 9.69. The van der Waals surface area contributed by atoms with E-state index in [2.05, 4.69) is 13.8 Å². The van der Waals surface area contributed by atoms with Crippen molar-refractivity contribution in [3.05, 3.63) is 0 Å². The Kier molecular flexibility index (Phi) is 4.20. The summed E-state index contributed by atoms with van der Waals surface area (Å²) < 4.78 is 0. The predicted octanol–water partition coefficient (Wildman–Crippen LogP) is 2.93. The van der Waals surface area contributed by atoms with Gasteiger partial charge < -0.3 is 15.3 Å². The number of aliphatic hydroxyl groups excluding tert-OH is 2. The molecular weight excluding hydrogens is 328 g/mol. The average Bonchev–Trinajstić information content (AvgIpc) is 2.76. The summed E-state index contributed by atoms with van der Waals surface area (Å²) in [5.41, 5.74) is -1.77. The van der Waals surface area contributed by atoms with Gasteiger partial charge >= 0.3 is 0 Å². The minimum Gasteiger partial charge on any atom is -0.393 e. The highest BCUT2D eigenvalue weighted by Crippen LogP contribution is 2.69. The molecule has 26 heavy (non-hydrogen) atoms. The highest BCUT2D eigenvalue weighted by molar-refractivity contribution is 5.86. The molecule has 0 aromatic rings. The fraction of sp³-hybridized carbons (Fsp3) is 0.955. The average molecular weight is 365 g/mol. The van der Waals surface area contributed by atoms with Gasteiger partial charge in [0.1, 0.15) is 5.60 Å². The molecule has 4 nitrogen and oxygen atoms in total. The Bertz CT molecular complexity index is 605. The summed E-state index contributed by atoms with van der Waals surface area (Å²) in [5.74, 6) is 1.19. The molecule has 0 aromatic carbocycles. The molecule has 4 rings (SSSR count). The van der Waals surface area contributed by atoms with Gasteiger partial charge in [0.2, 0.25) is 0 Å². The maximum Gasteiger partial charge on any atom is 0.162 e. The van der Waals surface area contributed by atoms with Crippen LogP contribution in [0.3, 0.4) is 0 Å². The van der Waals surface area contributed by atoms with Gasteiger partial charge in [-0.3, -0.25) is 4.79 Å². The fourth-order valence-corrected chi connectivity index (χ4v) is 8.44. The lowest BCUT2D eigenvalue weighted by Gasteiger charge is -2.62. The summed E-state index contributed by atoms with van der Waals surface area (Å²) in [6.07, 6.45) is 5.56. The first-order valence-electron chi connectivity index (χ1n) is 10.6. The molecule has 4 aliphatic rings. The molecule has 0 unspecified atom stereocenters. The SMILES string of the molecule is CC(=O)[C@@]1(O)[C@H](C)C[C@H]2[C@@H]3CC[C@H]4C[C@H](O)CC[C@]4(C)[C@H]3[C@H](O)C[C@@]21C. The van der Waals surface area contributed by atoms with Crippen LogP contribution in [-0.2, 0) is 4.79 Å². The van der Waals surface area contributed by atoms with Crippen LogP contribution in [0.4, 0.5) is 0 Å². The van der Waals surface area contributed by atoms with E-state index < -0.39 is 17.1 Å². The lowest BCUT2D eigenvalue weighted by atomic mass is 9.43. The van der Waals surface area contributed by atoms with Gasteiger partial charge in [0.05, 0.1) is 12.2 Å². The Hall–Kier alpha value is -0.450. The van der Waals surface area contributed by atoms with Crippen molar-refractivity contribution < 1.29 is 20.1 Å². The molecule has 0 bridgehead atoms. The maximum absolute atomic E-state index is 12.5. The van der Waals surface area contributed by atoms with Crippen molar-refractivity contribution in [3.8, 4) is 0 Å². The van der Waals surface area contributed by atoms with Crippen molar-refractivity contribution in [1.29, 1.82) is 0 Å².